The molecular formula is C20H15FN2OS. The maximum absolute atomic E-state index is 13.1. The Morgan fingerprint density at radius 1 is 0.960 bits per heavy atom. The fourth-order valence-corrected chi connectivity index (χ4v) is 3.58. The Kier molecular flexibility index (Phi) is 4.15. The summed E-state index contributed by atoms with van der Waals surface area (Å²) in [6.07, 6.45) is 3.99. The summed E-state index contributed by atoms with van der Waals surface area (Å²) in [6.45, 7) is 0. The van der Waals surface area contributed by atoms with Crippen LogP contribution >= 0.6 is 11.8 Å². The largest absolute Gasteiger partial charge is 0.496 e. The van der Waals surface area contributed by atoms with Crippen molar-refractivity contribution in [2.75, 3.05) is 7.11 Å². The molecule has 0 bridgehead atoms. The first-order chi connectivity index (χ1) is 12.2. The van der Waals surface area contributed by atoms with E-state index in [0.29, 0.717) is 0 Å². The van der Waals surface area contributed by atoms with Crippen molar-refractivity contribution in [3.63, 3.8) is 0 Å². The van der Waals surface area contributed by atoms with E-state index >= 15 is 0 Å². The first-order valence-electron chi connectivity index (χ1n) is 7.78. The maximum atomic E-state index is 13.1. The molecule has 0 radical (unpaired) electrons. The topological polar surface area (TPSA) is 26.5 Å². The van der Waals surface area contributed by atoms with E-state index in [1.807, 2.05) is 53.2 Å². The van der Waals surface area contributed by atoms with E-state index in [-0.39, 0.29) is 5.82 Å². The summed E-state index contributed by atoms with van der Waals surface area (Å²) in [4.78, 5) is 6.74. The number of nitrogens with zero attached hydrogens (tertiary/aromatic N) is 2. The van der Waals surface area contributed by atoms with Gasteiger partial charge in [-0.3, -0.25) is 0 Å². The van der Waals surface area contributed by atoms with E-state index in [0.717, 1.165) is 32.4 Å². The smallest absolute Gasteiger partial charge is 0.137 e. The van der Waals surface area contributed by atoms with Crippen LogP contribution in [0.3, 0.4) is 0 Å². The summed E-state index contributed by atoms with van der Waals surface area (Å²) in [6, 6.07) is 18.3. The lowest BCUT2D eigenvalue weighted by Gasteiger charge is -2.07. The number of hydrogen-bond donors (Lipinski definition) is 0. The molecule has 0 aliphatic carbocycles. The first-order valence-corrected chi connectivity index (χ1v) is 8.60. The quantitative estimate of drug-likeness (QED) is 0.500. The average molecular weight is 350 g/mol. The number of fused-ring (bicyclic) bond motifs is 1. The molecule has 124 valence electrons. The summed E-state index contributed by atoms with van der Waals surface area (Å²) < 4.78 is 20.5. The molecule has 0 saturated carbocycles. The number of para-hydroxylation sites is 1. The van der Waals surface area contributed by atoms with Gasteiger partial charge in [0.1, 0.15) is 17.2 Å². The van der Waals surface area contributed by atoms with Crippen LogP contribution in [0.4, 0.5) is 4.39 Å². The monoisotopic (exact) mass is 350 g/mol. The number of ether oxygens (including phenoxy) is 1. The van der Waals surface area contributed by atoms with Crippen LogP contribution in [-0.4, -0.2) is 16.5 Å². The zero-order chi connectivity index (χ0) is 17.2. The fraction of sp³-hybridized carbons (Fsp3) is 0.0500. The molecule has 0 aliphatic rings. The lowest BCUT2D eigenvalue weighted by atomic mass is 10.2. The van der Waals surface area contributed by atoms with Gasteiger partial charge in [0, 0.05) is 22.9 Å². The van der Waals surface area contributed by atoms with E-state index in [9.17, 15) is 4.39 Å². The number of methoxy groups -OCH3 is 1. The number of rotatable bonds is 4. The third-order valence-electron chi connectivity index (χ3n) is 3.86. The molecule has 0 aliphatic heterocycles. The van der Waals surface area contributed by atoms with Crippen LogP contribution in [0.2, 0.25) is 0 Å². The molecule has 2 aromatic heterocycles. The minimum absolute atomic E-state index is 0.247. The van der Waals surface area contributed by atoms with Crippen molar-refractivity contribution in [2.24, 2.45) is 0 Å². The lowest BCUT2D eigenvalue weighted by molar-refractivity contribution is 0.405. The molecule has 2 aromatic carbocycles. The van der Waals surface area contributed by atoms with Crippen molar-refractivity contribution in [1.29, 1.82) is 0 Å². The summed E-state index contributed by atoms with van der Waals surface area (Å²) in [5.41, 5.74) is 2.56. The minimum atomic E-state index is -0.247. The van der Waals surface area contributed by atoms with Gasteiger partial charge in [0.15, 0.2) is 0 Å². The Morgan fingerprint density at radius 3 is 2.56 bits per heavy atom. The van der Waals surface area contributed by atoms with E-state index < -0.39 is 0 Å². The maximum Gasteiger partial charge on any atom is 0.137 e. The van der Waals surface area contributed by atoms with Gasteiger partial charge in [0.2, 0.25) is 0 Å². The molecule has 3 nitrogen and oxygen atoms in total. The fourth-order valence-electron chi connectivity index (χ4n) is 2.62. The summed E-state index contributed by atoms with van der Waals surface area (Å²) in [5.74, 6) is 0.605. The van der Waals surface area contributed by atoms with Gasteiger partial charge < -0.3 is 9.14 Å². The van der Waals surface area contributed by atoms with E-state index in [4.69, 9.17) is 4.74 Å². The molecule has 2 heterocycles. The third-order valence-corrected chi connectivity index (χ3v) is 4.90. The van der Waals surface area contributed by atoms with Crippen LogP contribution in [0.1, 0.15) is 0 Å². The highest BCUT2D eigenvalue weighted by Crippen LogP contribution is 2.34. The molecule has 0 N–H and O–H groups in total. The highest BCUT2D eigenvalue weighted by molar-refractivity contribution is 7.99. The molecule has 0 fully saturated rings. The van der Waals surface area contributed by atoms with Crippen LogP contribution < -0.4 is 4.74 Å². The van der Waals surface area contributed by atoms with Crippen LogP contribution in [0.5, 0.6) is 5.75 Å². The van der Waals surface area contributed by atoms with Crippen LogP contribution in [0, 0.1) is 5.82 Å². The Balaban J connectivity index is 1.67. The minimum Gasteiger partial charge on any atom is -0.496 e. The molecule has 0 saturated heterocycles. The highest BCUT2D eigenvalue weighted by Gasteiger charge is 2.08. The number of pyridine rings is 1. The van der Waals surface area contributed by atoms with Gasteiger partial charge in [0.25, 0.3) is 0 Å². The lowest BCUT2D eigenvalue weighted by Crippen LogP contribution is -1.87. The van der Waals surface area contributed by atoms with E-state index in [1.54, 1.807) is 31.0 Å². The summed E-state index contributed by atoms with van der Waals surface area (Å²) in [7, 11) is 1.67. The molecule has 0 atom stereocenters. The van der Waals surface area contributed by atoms with Gasteiger partial charge in [-0.25, -0.2) is 9.37 Å². The van der Waals surface area contributed by atoms with Gasteiger partial charge in [0.05, 0.1) is 17.7 Å². The second-order valence-electron chi connectivity index (χ2n) is 5.52. The number of imidazole rings is 1. The molecule has 4 rings (SSSR count). The van der Waals surface area contributed by atoms with Crippen molar-refractivity contribution in [2.45, 2.75) is 9.79 Å². The molecule has 0 amide bonds. The molecule has 25 heavy (non-hydrogen) atoms. The molecule has 0 unspecified atom stereocenters. The van der Waals surface area contributed by atoms with Crippen molar-refractivity contribution in [1.82, 2.24) is 9.38 Å². The van der Waals surface area contributed by atoms with Crippen molar-refractivity contribution >= 4 is 17.4 Å². The number of benzene rings is 2. The Morgan fingerprint density at radius 2 is 1.76 bits per heavy atom. The Hall–Kier alpha value is -2.79. The second-order valence-corrected chi connectivity index (χ2v) is 6.63. The average Bonchev–Trinajstić information content (AvgIpc) is 3.06. The van der Waals surface area contributed by atoms with Gasteiger partial charge in [-0.2, -0.15) is 0 Å². The van der Waals surface area contributed by atoms with Gasteiger partial charge in [-0.15, -0.1) is 0 Å². The van der Waals surface area contributed by atoms with Crippen LogP contribution in [-0.2, 0) is 0 Å². The first kappa shape index (κ1) is 15.7. The number of halogens is 1. The summed E-state index contributed by atoms with van der Waals surface area (Å²) >= 11 is 1.64. The van der Waals surface area contributed by atoms with Gasteiger partial charge in [-0.05, 0) is 48.5 Å². The second kappa shape index (κ2) is 6.61. The van der Waals surface area contributed by atoms with Crippen LogP contribution in [0.25, 0.3) is 16.9 Å². The van der Waals surface area contributed by atoms with Crippen molar-refractivity contribution in [3.8, 4) is 17.0 Å². The van der Waals surface area contributed by atoms with Crippen molar-refractivity contribution in [3.05, 3.63) is 78.9 Å². The Bertz CT molecular complexity index is 1030. The van der Waals surface area contributed by atoms with Crippen LogP contribution in [0.15, 0.2) is 82.8 Å². The number of hydrogen-bond acceptors (Lipinski definition) is 3. The molecule has 5 heteroatoms. The zero-order valence-corrected chi connectivity index (χ0v) is 14.3. The number of aromatic nitrogens is 2. The van der Waals surface area contributed by atoms with Gasteiger partial charge >= 0.3 is 0 Å². The molecular weight excluding hydrogens is 335 g/mol. The predicted molar refractivity (Wildman–Crippen MR) is 97.7 cm³/mol. The van der Waals surface area contributed by atoms with Gasteiger partial charge in [-0.1, -0.05) is 23.9 Å². The molecule has 4 aromatic rings. The van der Waals surface area contributed by atoms with E-state index in [2.05, 4.69) is 4.98 Å². The molecule has 0 spiro atoms. The summed E-state index contributed by atoms with van der Waals surface area (Å²) in [5, 5.41) is 0. The standard InChI is InChI=1S/C20H15FN2OS/c1-24-18-4-2-3-5-19(18)25-16-10-11-20-22-17(13-23(20)12-16)14-6-8-15(21)9-7-14/h2-13H,1H3. The van der Waals surface area contributed by atoms with Crippen molar-refractivity contribution < 1.29 is 9.13 Å². The third kappa shape index (κ3) is 3.23. The SMILES string of the molecule is COc1ccccc1Sc1ccc2nc(-c3ccc(F)cc3)cn2c1. The normalized spacial score (nSPS) is 11.0. The highest BCUT2D eigenvalue weighted by atomic mass is 32.2. The Labute approximate surface area is 149 Å². The van der Waals surface area contributed by atoms with E-state index in [1.165, 1.54) is 12.1 Å². The predicted octanol–water partition coefficient (Wildman–Crippen LogP) is 5.30. The zero-order valence-electron chi connectivity index (χ0n) is 13.5.